The fraction of sp³-hybridized carbons (Fsp3) is 0.231. The van der Waals surface area contributed by atoms with E-state index >= 15 is 0 Å². The van der Waals surface area contributed by atoms with Crippen LogP contribution in [0, 0.1) is 0 Å². The molecule has 174 valence electrons. The smallest absolute Gasteiger partial charge is 0.411 e. The van der Waals surface area contributed by atoms with Crippen molar-refractivity contribution in [2.75, 3.05) is 30.1 Å². The van der Waals surface area contributed by atoms with E-state index in [1.54, 1.807) is 17.0 Å². The molecule has 0 saturated carbocycles. The van der Waals surface area contributed by atoms with Crippen molar-refractivity contribution in [2.24, 2.45) is 0 Å². The van der Waals surface area contributed by atoms with Crippen LogP contribution in [0.15, 0.2) is 72.8 Å². The van der Waals surface area contributed by atoms with Gasteiger partial charge in [0.25, 0.3) is 0 Å². The van der Waals surface area contributed by atoms with Crippen LogP contribution in [-0.2, 0) is 17.9 Å². The third-order valence-electron chi connectivity index (χ3n) is 5.76. The molecule has 1 N–H and O–H groups in total. The lowest BCUT2D eigenvalue weighted by molar-refractivity contribution is 0.155. The Morgan fingerprint density at radius 3 is 2.53 bits per heavy atom. The molecule has 2 aliphatic heterocycles. The molecule has 0 aliphatic carbocycles. The lowest BCUT2D eigenvalue weighted by Crippen LogP contribution is -2.49. The molecule has 8 heteroatoms. The van der Waals surface area contributed by atoms with Gasteiger partial charge in [0, 0.05) is 31.0 Å². The molecule has 3 aromatic carbocycles. The molecule has 0 spiro atoms. The van der Waals surface area contributed by atoms with E-state index in [0.29, 0.717) is 31.1 Å². The molecule has 0 atom stereocenters. The van der Waals surface area contributed by atoms with Crippen LogP contribution in [0.4, 0.5) is 21.0 Å². The van der Waals surface area contributed by atoms with Gasteiger partial charge in [0.1, 0.15) is 6.61 Å². The molecule has 0 aromatic heterocycles. The van der Waals surface area contributed by atoms with Crippen molar-refractivity contribution in [3.63, 3.8) is 0 Å². The van der Waals surface area contributed by atoms with Crippen LogP contribution in [0.1, 0.15) is 17.5 Å². The highest BCUT2D eigenvalue weighted by molar-refractivity contribution is 5.93. The normalized spacial score (nSPS) is 14.8. The fourth-order valence-electron chi connectivity index (χ4n) is 4.03. The molecule has 2 heterocycles. The van der Waals surface area contributed by atoms with Gasteiger partial charge in [-0.25, -0.2) is 9.59 Å². The lowest BCUT2D eigenvalue weighted by atomic mass is 10.1. The van der Waals surface area contributed by atoms with Gasteiger partial charge in [0.05, 0.1) is 0 Å². The third-order valence-corrected chi connectivity index (χ3v) is 5.76. The predicted molar refractivity (Wildman–Crippen MR) is 127 cm³/mol. The van der Waals surface area contributed by atoms with Crippen LogP contribution >= 0.6 is 0 Å². The Morgan fingerprint density at radius 2 is 1.71 bits per heavy atom. The fourth-order valence-corrected chi connectivity index (χ4v) is 4.03. The van der Waals surface area contributed by atoms with Crippen molar-refractivity contribution < 1.29 is 23.8 Å². The average molecular weight is 460 g/mol. The SMILES string of the molecule is O=C(Nc1ccc(N2CCCN(Cc3ccc4c(c3)OCO4)C2=O)cc1)OCc1ccccc1. The standard InChI is InChI=1S/C26H25N3O5/c30-25(32-17-19-5-2-1-3-6-19)27-21-8-10-22(11-9-21)29-14-4-13-28(26(29)31)16-20-7-12-23-24(15-20)34-18-33-23/h1-3,5-12,15H,4,13-14,16-18H2,(H,27,30). The molecule has 3 aromatic rings. The predicted octanol–water partition coefficient (Wildman–Crippen LogP) is 5.00. The summed E-state index contributed by atoms with van der Waals surface area (Å²) in [5.41, 5.74) is 3.29. The number of carbonyl (C=O) groups is 2. The number of amides is 3. The number of anilines is 2. The first kappa shape index (κ1) is 21.6. The van der Waals surface area contributed by atoms with Crippen LogP contribution < -0.4 is 19.7 Å². The van der Waals surface area contributed by atoms with Crippen LogP contribution in [0.5, 0.6) is 11.5 Å². The molecule has 3 amide bonds. The number of nitrogens with zero attached hydrogens (tertiary/aromatic N) is 2. The zero-order chi connectivity index (χ0) is 23.3. The molecule has 0 radical (unpaired) electrons. The second-order valence-electron chi connectivity index (χ2n) is 8.13. The summed E-state index contributed by atoms with van der Waals surface area (Å²) in [4.78, 5) is 28.8. The third kappa shape index (κ3) is 4.91. The van der Waals surface area contributed by atoms with Crippen molar-refractivity contribution in [3.05, 3.63) is 83.9 Å². The number of hydrogen-bond donors (Lipinski definition) is 1. The van der Waals surface area contributed by atoms with Gasteiger partial charge >= 0.3 is 12.1 Å². The van der Waals surface area contributed by atoms with Gasteiger partial charge in [0.2, 0.25) is 6.79 Å². The minimum atomic E-state index is -0.527. The van der Waals surface area contributed by atoms with Crippen molar-refractivity contribution in [3.8, 4) is 11.5 Å². The highest BCUT2D eigenvalue weighted by Gasteiger charge is 2.27. The van der Waals surface area contributed by atoms with E-state index < -0.39 is 6.09 Å². The minimum absolute atomic E-state index is 0.0492. The molecular formula is C26H25N3O5. The Kier molecular flexibility index (Phi) is 6.20. The van der Waals surface area contributed by atoms with Crippen molar-refractivity contribution in [1.82, 2.24) is 4.90 Å². The number of fused-ring (bicyclic) bond motifs is 1. The molecule has 2 aliphatic rings. The first-order valence-corrected chi connectivity index (χ1v) is 11.2. The van der Waals surface area contributed by atoms with E-state index in [1.165, 1.54) is 0 Å². The lowest BCUT2D eigenvalue weighted by Gasteiger charge is -2.35. The van der Waals surface area contributed by atoms with Crippen molar-refractivity contribution in [1.29, 1.82) is 0 Å². The minimum Gasteiger partial charge on any atom is -0.454 e. The zero-order valence-electron chi connectivity index (χ0n) is 18.6. The van der Waals surface area contributed by atoms with Gasteiger partial charge in [-0.2, -0.15) is 0 Å². The van der Waals surface area contributed by atoms with Gasteiger partial charge in [-0.05, 0) is 53.9 Å². The Labute approximate surface area is 197 Å². The van der Waals surface area contributed by atoms with E-state index in [2.05, 4.69) is 5.32 Å². The van der Waals surface area contributed by atoms with Gasteiger partial charge in [-0.15, -0.1) is 0 Å². The monoisotopic (exact) mass is 459 g/mol. The van der Waals surface area contributed by atoms with Gasteiger partial charge in [0.15, 0.2) is 11.5 Å². The highest BCUT2D eigenvalue weighted by atomic mass is 16.7. The Morgan fingerprint density at radius 1 is 0.912 bits per heavy atom. The molecule has 5 rings (SSSR count). The van der Waals surface area contributed by atoms with Crippen LogP contribution in [0.25, 0.3) is 0 Å². The summed E-state index contributed by atoms with van der Waals surface area (Å²) in [5.74, 6) is 1.44. The van der Waals surface area contributed by atoms with Gasteiger partial charge < -0.3 is 19.1 Å². The molecule has 8 nitrogen and oxygen atoms in total. The summed E-state index contributed by atoms with van der Waals surface area (Å²) in [5, 5.41) is 2.72. The maximum Gasteiger partial charge on any atom is 0.411 e. The van der Waals surface area contributed by atoms with E-state index in [0.717, 1.165) is 29.0 Å². The topological polar surface area (TPSA) is 80.3 Å². The summed E-state index contributed by atoms with van der Waals surface area (Å²) in [6.07, 6.45) is 0.336. The number of urea groups is 1. The summed E-state index contributed by atoms with van der Waals surface area (Å²) in [7, 11) is 0. The van der Waals surface area contributed by atoms with Crippen LogP contribution in [-0.4, -0.2) is 36.9 Å². The quantitative estimate of drug-likeness (QED) is 0.561. The Hall–Kier alpha value is -4.20. The molecule has 0 unspecified atom stereocenters. The maximum atomic E-state index is 13.2. The molecule has 34 heavy (non-hydrogen) atoms. The van der Waals surface area contributed by atoms with Gasteiger partial charge in [-0.3, -0.25) is 10.2 Å². The zero-order valence-corrected chi connectivity index (χ0v) is 18.6. The summed E-state index contributed by atoms with van der Waals surface area (Å²) >= 11 is 0. The number of ether oxygens (including phenoxy) is 3. The number of hydrogen-bond acceptors (Lipinski definition) is 5. The van der Waals surface area contributed by atoms with Crippen molar-refractivity contribution >= 4 is 23.5 Å². The molecule has 1 fully saturated rings. The summed E-state index contributed by atoms with van der Waals surface area (Å²) < 4.78 is 16.1. The summed E-state index contributed by atoms with van der Waals surface area (Å²) in [6.45, 7) is 2.26. The second kappa shape index (κ2) is 9.74. The van der Waals surface area contributed by atoms with E-state index in [4.69, 9.17) is 14.2 Å². The molecule has 0 bridgehead atoms. The highest BCUT2D eigenvalue weighted by Crippen LogP contribution is 2.33. The number of rotatable bonds is 6. The van der Waals surface area contributed by atoms with Crippen LogP contribution in [0.3, 0.4) is 0 Å². The number of carbonyl (C=O) groups excluding carboxylic acids is 2. The van der Waals surface area contributed by atoms with Gasteiger partial charge in [-0.1, -0.05) is 36.4 Å². The largest absolute Gasteiger partial charge is 0.454 e. The average Bonchev–Trinajstić information content (AvgIpc) is 3.33. The number of nitrogens with one attached hydrogen (secondary N) is 1. The first-order chi connectivity index (χ1) is 16.7. The Bertz CT molecular complexity index is 1170. The van der Waals surface area contributed by atoms with Crippen molar-refractivity contribution in [2.45, 2.75) is 19.6 Å². The van der Waals surface area contributed by atoms with E-state index in [1.807, 2.05) is 65.6 Å². The first-order valence-electron chi connectivity index (χ1n) is 11.2. The molecule has 1 saturated heterocycles. The number of benzene rings is 3. The van der Waals surface area contributed by atoms with Crippen LogP contribution in [0.2, 0.25) is 0 Å². The van der Waals surface area contributed by atoms with E-state index in [-0.39, 0.29) is 19.4 Å². The van der Waals surface area contributed by atoms with E-state index in [9.17, 15) is 9.59 Å². The summed E-state index contributed by atoms with van der Waals surface area (Å²) in [6, 6.07) is 22.4. The second-order valence-corrected chi connectivity index (χ2v) is 8.13. The maximum absolute atomic E-state index is 13.2. The Balaban J connectivity index is 1.18. The molecular weight excluding hydrogens is 434 g/mol.